The Morgan fingerprint density at radius 2 is 1.96 bits per heavy atom. The zero-order valence-electron chi connectivity index (χ0n) is 15.9. The number of hydrogen-bond donors (Lipinski definition) is 2. The van der Waals surface area contributed by atoms with Crippen molar-refractivity contribution in [1.29, 1.82) is 5.26 Å². The lowest BCUT2D eigenvalue weighted by Crippen LogP contribution is -2.27. The highest BCUT2D eigenvalue weighted by Crippen LogP contribution is 2.37. The fraction of sp³-hybridized carbons (Fsp3) is 0.350. The topological polar surface area (TPSA) is 109 Å². The summed E-state index contributed by atoms with van der Waals surface area (Å²) < 4.78 is 10.7. The Bertz CT molecular complexity index is 875. The molecule has 1 amide bonds. The van der Waals surface area contributed by atoms with E-state index in [1.807, 2.05) is 0 Å². The van der Waals surface area contributed by atoms with Gasteiger partial charge in [0.15, 0.2) is 0 Å². The number of nitriles is 1. The SMILES string of the molecule is CCOC(=O)c1c(-c2ccc(OCC(C)(C)O)cc2)csc1NC(=O)CC#N. The first-order chi connectivity index (χ1) is 13.2. The molecule has 0 radical (unpaired) electrons. The summed E-state index contributed by atoms with van der Waals surface area (Å²) in [5.74, 6) is -0.452. The third-order valence-electron chi connectivity index (χ3n) is 3.52. The molecule has 0 aliphatic rings. The Kier molecular flexibility index (Phi) is 7.15. The van der Waals surface area contributed by atoms with Gasteiger partial charge in [-0.25, -0.2) is 4.79 Å². The van der Waals surface area contributed by atoms with Crippen molar-refractivity contribution < 1.29 is 24.2 Å². The van der Waals surface area contributed by atoms with Crippen LogP contribution in [0.4, 0.5) is 5.00 Å². The molecule has 0 saturated heterocycles. The number of nitrogens with zero attached hydrogens (tertiary/aromatic N) is 1. The molecule has 0 fully saturated rings. The van der Waals surface area contributed by atoms with Crippen LogP contribution in [0.3, 0.4) is 0 Å². The summed E-state index contributed by atoms with van der Waals surface area (Å²) in [7, 11) is 0. The molecule has 28 heavy (non-hydrogen) atoms. The number of aliphatic hydroxyl groups is 1. The minimum Gasteiger partial charge on any atom is -0.491 e. The zero-order chi connectivity index (χ0) is 20.7. The Morgan fingerprint density at radius 1 is 1.29 bits per heavy atom. The zero-order valence-corrected chi connectivity index (χ0v) is 16.8. The van der Waals surface area contributed by atoms with Crippen molar-refractivity contribution in [1.82, 2.24) is 0 Å². The lowest BCUT2D eigenvalue weighted by molar-refractivity contribution is -0.115. The van der Waals surface area contributed by atoms with Crippen LogP contribution in [0.1, 0.15) is 37.6 Å². The number of carbonyl (C=O) groups is 2. The number of thiophene rings is 1. The van der Waals surface area contributed by atoms with Crippen molar-refractivity contribution in [3.63, 3.8) is 0 Å². The van der Waals surface area contributed by atoms with E-state index in [0.29, 0.717) is 16.3 Å². The minimum absolute atomic E-state index is 0.147. The van der Waals surface area contributed by atoms with Gasteiger partial charge in [0, 0.05) is 10.9 Å². The number of carbonyl (C=O) groups excluding carboxylic acids is 2. The molecular weight excluding hydrogens is 380 g/mol. The van der Waals surface area contributed by atoms with Crippen LogP contribution in [-0.2, 0) is 9.53 Å². The van der Waals surface area contributed by atoms with Crippen LogP contribution >= 0.6 is 11.3 Å². The lowest BCUT2D eigenvalue weighted by atomic mass is 10.0. The quantitative estimate of drug-likeness (QED) is 0.653. The first-order valence-corrected chi connectivity index (χ1v) is 9.54. The normalized spacial score (nSPS) is 10.8. The van der Waals surface area contributed by atoms with Crippen LogP contribution in [0.15, 0.2) is 29.6 Å². The summed E-state index contributed by atoms with van der Waals surface area (Å²) in [5.41, 5.74) is 0.670. The van der Waals surface area contributed by atoms with Gasteiger partial charge in [-0.2, -0.15) is 5.26 Å². The summed E-state index contributed by atoms with van der Waals surface area (Å²) >= 11 is 1.19. The van der Waals surface area contributed by atoms with Crippen LogP contribution in [0, 0.1) is 11.3 Å². The van der Waals surface area contributed by atoms with Crippen LogP contribution < -0.4 is 10.1 Å². The molecule has 8 heteroatoms. The number of hydrogen-bond acceptors (Lipinski definition) is 7. The minimum atomic E-state index is -0.945. The average molecular weight is 402 g/mol. The van der Waals surface area contributed by atoms with Crippen molar-refractivity contribution in [2.24, 2.45) is 0 Å². The van der Waals surface area contributed by atoms with Crippen molar-refractivity contribution in [2.75, 3.05) is 18.5 Å². The molecule has 1 aromatic carbocycles. The second-order valence-electron chi connectivity index (χ2n) is 6.58. The number of benzene rings is 1. The van der Waals surface area contributed by atoms with E-state index >= 15 is 0 Å². The first-order valence-electron chi connectivity index (χ1n) is 8.66. The van der Waals surface area contributed by atoms with Crippen molar-refractivity contribution >= 4 is 28.2 Å². The van der Waals surface area contributed by atoms with E-state index in [0.717, 1.165) is 5.56 Å². The maximum absolute atomic E-state index is 12.5. The second kappa shape index (κ2) is 9.35. The van der Waals surface area contributed by atoms with Crippen molar-refractivity contribution in [3.8, 4) is 22.9 Å². The summed E-state index contributed by atoms with van der Waals surface area (Å²) in [6, 6.07) is 8.82. The van der Waals surface area contributed by atoms with Gasteiger partial charge in [-0.15, -0.1) is 11.3 Å². The highest BCUT2D eigenvalue weighted by Gasteiger charge is 2.23. The van der Waals surface area contributed by atoms with Gasteiger partial charge in [-0.05, 0) is 38.5 Å². The second-order valence-corrected chi connectivity index (χ2v) is 7.46. The first kappa shape index (κ1) is 21.4. The molecule has 1 aromatic heterocycles. The van der Waals surface area contributed by atoms with Crippen molar-refractivity contribution in [2.45, 2.75) is 32.8 Å². The standard InChI is InChI=1S/C20H22N2O5S/c1-4-26-19(24)17-15(11-28-18(17)22-16(23)9-10-21)13-5-7-14(8-6-13)27-12-20(2,3)25/h5-8,11,25H,4,9,12H2,1-3H3,(H,22,23). The molecule has 0 aliphatic carbocycles. The van der Waals surface area contributed by atoms with E-state index in [4.69, 9.17) is 14.7 Å². The van der Waals surface area contributed by atoms with Gasteiger partial charge in [-0.1, -0.05) is 12.1 Å². The maximum atomic E-state index is 12.5. The molecule has 0 saturated carbocycles. The molecule has 0 aliphatic heterocycles. The average Bonchev–Trinajstić information content (AvgIpc) is 3.03. The molecule has 0 atom stereocenters. The molecule has 7 nitrogen and oxygen atoms in total. The van der Waals surface area contributed by atoms with Gasteiger partial charge in [0.05, 0.1) is 18.3 Å². The number of anilines is 1. The Balaban J connectivity index is 2.31. The Labute approximate surface area is 167 Å². The highest BCUT2D eigenvalue weighted by atomic mass is 32.1. The number of nitrogens with one attached hydrogen (secondary N) is 1. The third-order valence-corrected chi connectivity index (χ3v) is 4.42. The van der Waals surface area contributed by atoms with E-state index in [-0.39, 0.29) is 25.2 Å². The fourth-order valence-electron chi connectivity index (χ4n) is 2.30. The van der Waals surface area contributed by atoms with Crippen LogP contribution in [0.5, 0.6) is 5.75 Å². The monoisotopic (exact) mass is 402 g/mol. The lowest BCUT2D eigenvalue weighted by Gasteiger charge is -2.17. The van der Waals surface area contributed by atoms with Crippen molar-refractivity contribution in [3.05, 3.63) is 35.2 Å². The maximum Gasteiger partial charge on any atom is 0.341 e. The number of amides is 1. The molecule has 0 unspecified atom stereocenters. The van der Waals surface area contributed by atoms with Gasteiger partial charge >= 0.3 is 5.97 Å². The smallest absolute Gasteiger partial charge is 0.341 e. The van der Waals surface area contributed by atoms with E-state index in [9.17, 15) is 14.7 Å². The predicted octanol–water partition coefficient (Wildman–Crippen LogP) is 3.59. The third kappa shape index (κ3) is 5.81. The number of rotatable bonds is 8. The van der Waals surface area contributed by atoms with Gasteiger partial charge in [-0.3, -0.25) is 4.79 Å². The molecular formula is C20H22N2O5S. The summed E-state index contributed by atoms with van der Waals surface area (Å²) in [6.45, 7) is 5.35. The summed E-state index contributed by atoms with van der Waals surface area (Å²) in [4.78, 5) is 24.2. The fourth-order valence-corrected chi connectivity index (χ4v) is 3.28. The Hall–Kier alpha value is -2.89. The van der Waals surface area contributed by atoms with Gasteiger partial charge in [0.1, 0.15) is 29.3 Å². The Morgan fingerprint density at radius 3 is 2.54 bits per heavy atom. The number of esters is 1. The van der Waals surface area contributed by atoms with E-state index in [1.165, 1.54) is 11.3 Å². The van der Waals surface area contributed by atoms with E-state index in [2.05, 4.69) is 5.32 Å². The number of ether oxygens (including phenoxy) is 2. The summed E-state index contributed by atoms with van der Waals surface area (Å²) in [6.07, 6.45) is -0.303. The molecule has 2 N–H and O–H groups in total. The predicted molar refractivity (Wildman–Crippen MR) is 106 cm³/mol. The molecule has 2 aromatic rings. The molecule has 1 heterocycles. The largest absolute Gasteiger partial charge is 0.491 e. The van der Waals surface area contributed by atoms with E-state index in [1.54, 1.807) is 56.5 Å². The van der Waals surface area contributed by atoms with Gasteiger partial charge < -0.3 is 19.9 Å². The molecule has 0 spiro atoms. The van der Waals surface area contributed by atoms with Gasteiger partial charge in [0.25, 0.3) is 0 Å². The van der Waals surface area contributed by atoms with Crippen LogP contribution in [0.2, 0.25) is 0 Å². The summed E-state index contributed by atoms with van der Waals surface area (Å²) in [5, 5.41) is 23.1. The molecule has 2 rings (SSSR count). The van der Waals surface area contributed by atoms with Crippen LogP contribution in [-0.4, -0.2) is 35.8 Å². The van der Waals surface area contributed by atoms with Crippen LogP contribution in [0.25, 0.3) is 11.1 Å². The van der Waals surface area contributed by atoms with E-state index < -0.39 is 17.5 Å². The molecule has 148 valence electrons. The van der Waals surface area contributed by atoms with Gasteiger partial charge in [0.2, 0.25) is 5.91 Å². The highest BCUT2D eigenvalue weighted by molar-refractivity contribution is 7.15. The molecule has 0 bridgehead atoms.